The van der Waals surface area contributed by atoms with Crippen LogP contribution in [0.1, 0.15) is 74.1 Å². The summed E-state index contributed by atoms with van der Waals surface area (Å²) in [6.07, 6.45) is 5.99. The van der Waals surface area contributed by atoms with Crippen LogP contribution < -0.4 is 5.32 Å². The van der Waals surface area contributed by atoms with Gasteiger partial charge in [0.25, 0.3) is 0 Å². The first kappa shape index (κ1) is 26.5. The Morgan fingerprint density at radius 1 is 0.974 bits per heavy atom. The third kappa shape index (κ3) is 5.24. The smallest absolute Gasteiger partial charge is 0.223 e. The van der Waals surface area contributed by atoms with E-state index >= 15 is 0 Å². The predicted octanol–water partition coefficient (Wildman–Crippen LogP) is 5.08. The summed E-state index contributed by atoms with van der Waals surface area (Å²) < 4.78 is 25.9. The number of benzene rings is 3. The van der Waals surface area contributed by atoms with Crippen LogP contribution in [0.15, 0.2) is 65.6 Å². The van der Waals surface area contributed by atoms with Gasteiger partial charge in [0.1, 0.15) is 4.75 Å². The fourth-order valence-corrected chi connectivity index (χ4v) is 8.66. The lowest BCUT2D eigenvalue weighted by atomic mass is 9.86. The molecule has 3 aliphatic rings. The van der Waals surface area contributed by atoms with E-state index in [9.17, 15) is 18.3 Å². The fraction of sp³-hybridized carbons (Fsp3) is 0.469. The molecule has 0 aromatic heterocycles. The molecule has 6 rings (SSSR count). The molecular weight excluding hydrogens is 508 g/mol. The summed E-state index contributed by atoms with van der Waals surface area (Å²) in [5.74, 6) is -0.294. The van der Waals surface area contributed by atoms with Gasteiger partial charge in [-0.2, -0.15) is 0 Å². The lowest BCUT2D eigenvalue weighted by molar-refractivity contribution is -0.124. The Kier molecular flexibility index (Phi) is 7.25. The van der Waals surface area contributed by atoms with E-state index in [1.54, 1.807) is 18.2 Å². The Morgan fingerprint density at radius 3 is 2.51 bits per heavy atom. The first-order valence-electron chi connectivity index (χ1n) is 14.4. The molecule has 1 amide bonds. The number of fused-ring (bicyclic) bond motifs is 2. The number of piperidine rings is 1. The van der Waals surface area contributed by atoms with Gasteiger partial charge in [0.05, 0.1) is 23.5 Å². The molecule has 3 aromatic carbocycles. The molecule has 0 spiro atoms. The third-order valence-electron chi connectivity index (χ3n) is 9.01. The Morgan fingerprint density at radius 2 is 1.74 bits per heavy atom. The number of hydrogen-bond acceptors (Lipinski definition) is 5. The van der Waals surface area contributed by atoms with Crippen molar-refractivity contribution < 1.29 is 18.3 Å². The van der Waals surface area contributed by atoms with E-state index in [1.807, 2.05) is 24.3 Å². The molecule has 2 fully saturated rings. The van der Waals surface area contributed by atoms with Crippen LogP contribution >= 0.6 is 0 Å². The molecule has 3 aromatic rings. The van der Waals surface area contributed by atoms with Crippen molar-refractivity contribution in [2.24, 2.45) is 0 Å². The molecule has 1 saturated heterocycles. The lowest BCUT2D eigenvalue weighted by Gasteiger charge is -2.30. The van der Waals surface area contributed by atoms with Crippen molar-refractivity contribution in [1.29, 1.82) is 0 Å². The summed E-state index contributed by atoms with van der Waals surface area (Å²) in [7, 11) is -3.80. The van der Waals surface area contributed by atoms with E-state index in [4.69, 9.17) is 0 Å². The Bertz CT molecular complexity index is 1470. The van der Waals surface area contributed by atoms with Crippen LogP contribution in [0.3, 0.4) is 0 Å². The van der Waals surface area contributed by atoms with Gasteiger partial charge in [-0.25, -0.2) is 8.42 Å². The largest absolute Gasteiger partial charge is 0.391 e. The topological polar surface area (TPSA) is 86.7 Å². The molecule has 6 nitrogen and oxygen atoms in total. The molecule has 2 atom stereocenters. The molecule has 7 heteroatoms. The second-order valence-electron chi connectivity index (χ2n) is 11.7. The van der Waals surface area contributed by atoms with Crippen molar-refractivity contribution in [3.63, 3.8) is 0 Å². The van der Waals surface area contributed by atoms with Gasteiger partial charge in [-0.15, -0.1) is 0 Å². The molecule has 1 aliphatic heterocycles. The molecule has 1 saturated carbocycles. The number of amides is 1. The van der Waals surface area contributed by atoms with Gasteiger partial charge in [-0.1, -0.05) is 55.0 Å². The van der Waals surface area contributed by atoms with E-state index in [1.165, 1.54) is 30.4 Å². The summed E-state index contributed by atoms with van der Waals surface area (Å²) in [6.45, 7) is 3.30. The average molecular weight is 547 g/mol. The van der Waals surface area contributed by atoms with Crippen LogP contribution in [-0.2, 0) is 27.6 Å². The van der Waals surface area contributed by atoms with Crippen molar-refractivity contribution in [1.82, 2.24) is 10.2 Å². The van der Waals surface area contributed by atoms with Gasteiger partial charge in [-0.05, 0) is 97.6 Å². The number of aliphatic hydroxyl groups is 1. The number of rotatable bonds is 8. The zero-order valence-corrected chi connectivity index (χ0v) is 23.3. The zero-order chi connectivity index (χ0) is 27.0. The number of sulfone groups is 1. The van der Waals surface area contributed by atoms with Crippen LogP contribution in [0.5, 0.6) is 0 Å². The van der Waals surface area contributed by atoms with Crippen LogP contribution in [0.4, 0.5) is 0 Å². The Balaban J connectivity index is 1.12. The fourth-order valence-electron chi connectivity index (χ4n) is 6.58. The highest BCUT2D eigenvalue weighted by Crippen LogP contribution is 2.50. The number of hydrogen-bond donors (Lipinski definition) is 2. The number of aliphatic hydroxyl groups excluding tert-OH is 1. The molecule has 1 heterocycles. The number of nitrogens with one attached hydrogen (secondary N) is 1. The number of likely N-dealkylation sites (tertiary alicyclic amines) is 1. The number of aryl methyl sites for hydroxylation is 1. The van der Waals surface area contributed by atoms with E-state index in [-0.39, 0.29) is 23.3 Å². The van der Waals surface area contributed by atoms with Crippen molar-refractivity contribution in [3.05, 3.63) is 77.4 Å². The maximum absolute atomic E-state index is 13.6. The average Bonchev–Trinajstić information content (AvgIpc) is 3.76. The summed E-state index contributed by atoms with van der Waals surface area (Å²) >= 11 is 0. The third-order valence-corrected chi connectivity index (χ3v) is 11.6. The maximum atomic E-state index is 13.6. The van der Waals surface area contributed by atoms with Crippen LogP contribution in [0, 0.1) is 0 Å². The minimum atomic E-state index is -3.80. The number of carbonyl (C=O) groups excluding carboxylic acids is 1. The minimum Gasteiger partial charge on any atom is -0.391 e. The van der Waals surface area contributed by atoms with E-state index in [0.717, 1.165) is 55.2 Å². The summed E-state index contributed by atoms with van der Waals surface area (Å²) in [4.78, 5) is 15.8. The molecule has 0 radical (unpaired) electrons. The van der Waals surface area contributed by atoms with Gasteiger partial charge in [0.2, 0.25) is 5.91 Å². The quantitative estimate of drug-likeness (QED) is 0.412. The molecule has 0 bridgehead atoms. The number of carbonyl (C=O) groups is 1. The Labute approximate surface area is 231 Å². The molecule has 2 N–H and O–H groups in total. The monoisotopic (exact) mass is 546 g/mol. The first-order valence-corrected chi connectivity index (χ1v) is 15.9. The van der Waals surface area contributed by atoms with Gasteiger partial charge in [-0.3, -0.25) is 9.69 Å². The van der Waals surface area contributed by atoms with E-state index in [0.29, 0.717) is 12.8 Å². The highest BCUT2D eigenvalue weighted by Gasteiger charge is 2.60. The van der Waals surface area contributed by atoms with Crippen molar-refractivity contribution in [2.45, 2.75) is 86.1 Å². The van der Waals surface area contributed by atoms with E-state index in [2.05, 4.69) is 28.4 Å². The summed E-state index contributed by atoms with van der Waals surface area (Å²) in [6, 6.07) is 19.2. The molecule has 2 unspecified atom stereocenters. The summed E-state index contributed by atoms with van der Waals surface area (Å²) in [5.41, 5.74) is 3.77. The molecule has 2 aliphatic carbocycles. The Hall–Kier alpha value is -2.74. The molecular formula is C32H38N2O4S. The molecule has 39 heavy (non-hydrogen) atoms. The standard InChI is InChI=1S/C32H38N2O4S/c35-30(32(15-16-32)39(37,38)27-13-12-24-7-2-3-8-25(24)20-27)21-31(36)33-29-10-6-9-26-19-23(11-14-28(26)29)22-34-17-4-1-5-18-34/h2-3,7-8,11-14,19-20,29-30,35H,1,4-6,9-10,15-18,21-22H2,(H,33,36). The second-order valence-corrected chi connectivity index (χ2v) is 14.0. The van der Waals surface area contributed by atoms with Crippen molar-refractivity contribution in [3.8, 4) is 0 Å². The first-order chi connectivity index (χ1) is 18.9. The van der Waals surface area contributed by atoms with Gasteiger partial charge < -0.3 is 10.4 Å². The minimum absolute atomic E-state index is 0.107. The highest BCUT2D eigenvalue weighted by atomic mass is 32.2. The van der Waals surface area contributed by atoms with Gasteiger partial charge in [0.15, 0.2) is 9.84 Å². The normalized spacial score (nSPS) is 21.7. The van der Waals surface area contributed by atoms with E-state index < -0.39 is 20.7 Å². The lowest BCUT2D eigenvalue weighted by Crippen LogP contribution is -2.41. The van der Waals surface area contributed by atoms with Crippen LogP contribution in [-0.4, -0.2) is 48.3 Å². The van der Waals surface area contributed by atoms with Crippen LogP contribution in [0.2, 0.25) is 0 Å². The van der Waals surface area contributed by atoms with Crippen LogP contribution in [0.25, 0.3) is 10.8 Å². The SMILES string of the molecule is O=C(CC(O)C1(S(=O)(=O)c2ccc3ccccc3c2)CC1)NC1CCCc2cc(CN3CCCCC3)ccc21. The highest BCUT2D eigenvalue weighted by molar-refractivity contribution is 7.93. The zero-order valence-electron chi connectivity index (χ0n) is 22.4. The summed E-state index contributed by atoms with van der Waals surface area (Å²) in [5, 5.41) is 16.0. The second kappa shape index (κ2) is 10.7. The van der Waals surface area contributed by atoms with Crippen molar-refractivity contribution in [2.75, 3.05) is 13.1 Å². The van der Waals surface area contributed by atoms with Crippen molar-refractivity contribution >= 4 is 26.5 Å². The maximum Gasteiger partial charge on any atom is 0.223 e. The number of nitrogens with zero attached hydrogens (tertiary/aromatic N) is 1. The predicted molar refractivity (Wildman–Crippen MR) is 153 cm³/mol. The molecule has 206 valence electrons. The van der Waals surface area contributed by atoms with Gasteiger partial charge in [0, 0.05) is 6.54 Å². The van der Waals surface area contributed by atoms with Gasteiger partial charge >= 0.3 is 0 Å².